The summed E-state index contributed by atoms with van der Waals surface area (Å²) < 4.78 is 15.4. The quantitative estimate of drug-likeness (QED) is 0.745. The van der Waals surface area contributed by atoms with Crippen LogP contribution in [0.5, 0.6) is 0 Å². The van der Waals surface area contributed by atoms with E-state index in [1.54, 1.807) is 23.5 Å². The van der Waals surface area contributed by atoms with Crippen molar-refractivity contribution in [3.05, 3.63) is 51.7 Å². The molecule has 1 aliphatic rings. The Bertz CT molecular complexity index is 790. The number of halogens is 1. The van der Waals surface area contributed by atoms with E-state index in [0.29, 0.717) is 0 Å². The molecule has 20 heavy (non-hydrogen) atoms. The van der Waals surface area contributed by atoms with Crippen LogP contribution in [-0.4, -0.2) is 16.1 Å². The van der Waals surface area contributed by atoms with Crippen molar-refractivity contribution >= 4 is 22.4 Å². The maximum absolute atomic E-state index is 13.4. The molecule has 5 heteroatoms. The average molecular weight is 287 g/mol. The maximum Gasteiger partial charge on any atom is 0.131 e. The van der Waals surface area contributed by atoms with Crippen molar-refractivity contribution in [1.29, 1.82) is 0 Å². The lowest BCUT2D eigenvalue weighted by molar-refractivity contribution is 0.538. The van der Waals surface area contributed by atoms with Crippen molar-refractivity contribution in [3.8, 4) is 0 Å². The molecule has 0 spiro atoms. The van der Waals surface area contributed by atoms with Gasteiger partial charge in [-0.05, 0) is 41.6 Å². The van der Waals surface area contributed by atoms with Gasteiger partial charge < -0.3 is 9.88 Å². The fourth-order valence-electron chi connectivity index (χ4n) is 2.92. The molecule has 1 atom stereocenters. The fraction of sp³-hybridized carbons (Fsp3) is 0.267. The van der Waals surface area contributed by atoms with Crippen molar-refractivity contribution in [2.45, 2.75) is 12.5 Å². The molecule has 0 saturated heterocycles. The number of nitrogens with zero attached hydrogens (tertiary/aromatic N) is 2. The van der Waals surface area contributed by atoms with Gasteiger partial charge in [-0.2, -0.15) is 0 Å². The van der Waals surface area contributed by atoms with Gasteiger partial charge in [0.05, 0.1) is 17.1 Å². The molecule has 2 aromatic heterocycles. The Morgan fingerprint density at radius 1 is 1.40 bits per heavy atom. The minimum atomic E-state index is -0.222. The first-order valence-electron chi connectivity index (χ1n) is 6.65. The third-order valence-electron chi connectivity index (χ3n) is 3.93. The summed E-state index contributed by atoms with van der Waals surface area (Å²) in [5.41, 5.74) is 2.98. The lowest BCUT2D eigenvalue weighted by Crippen LogP contribution is -2.31. The van der Waals surface area contributed by atoms with Gasteiger partial charge in [0.25, 0.3) is 0 Å². The van der Waals surface area contributed by atoms with E-state index in [9.17, 15) is 4.39 Å². The first kappa shape index (κ1) is 12.1. The van der Waals surface area contributed by atoms with Crippen LogP contribution in [0.1, 0.15) is 22.3 Å². The van der Waals surface area contributed by atoms with Gasteiger partial charge in [-0.1, -0.05) is 0 Å². The molecule has 0 amide bonds. The van der Waals surface area contributed by atoms with E-state index in [4.69, 9.17) is 4.98 Å². The molecule has 102 valence electrons. The summed E-state index contributed by atoms with van der Waals surface area (Å²) in [6, 6.07) is 7.01. The number of hydrogen-bond donors (Lipinski definition) is 1. The topological polar surface area (TPSA) is 29.9 Å². The lowest BCUT2D eigenvalue weighted by atomic mass is 10.0. The number of thiophene rings is 1. The maximum atomic E-state index is 13.4. The van der Waals surface area contributed by atoms with Gasteiger partial charge in [0.1, 0.15) is 11.6 Å². The number of aromatic nitrogens is 2. The molecular formula is C15H14FN3S. The molecule has 1 aromatic carbocycles. The Morgan fingerprint density at radius 2 is 2.30 bits per heavy atom. The molecular weight excluding hydrogens is 273 g/mol. The predicted octanol–water partition coefficient (Wildman–Crippen LogP) is 3.01. The third kappa shape index (κ3) is 1.70. The van der Waals surface area contributed by atoms with Crippen LogP contribution in [0.15, 0.2) is 29.6 Å². The van der Waals surface area contributed by atoms with Gasteiger partial charge >= 0.3 is 0 Å². The number of benzene rings is 1. The molecule has 3 heterocycles. The summed E-state index contributed by atoms with van der Waals surface area (Å²) in [7, 11) is 1.95. The fourth-order valence-corrected chi connectivity index (χ4v) is 3.84. The number of fused-ring (bicyclic) bond motifs is 2. The van der Waals surface area contributed by atoms with Gasteiger partial charge in [-0.25, -0.2) is 9.37 Å². The van der Waals surface area contributed by atoms with Crippen LogP contribution < -0.4 is 5.32 Å². The minimum absolute atomic E-state index is 0.102. The Kier molecular flexibility index (Phi) is 2.65. The van der Waals surface area contributed by atoms with Crippen molar-refractivity contribution in [2.24, 2.45) is 7.05 Å². The lowest BCUT2D eigenvalue weighted by Gasteiger charge is -2.23. The third-order valence-corrected chi connectivity index (χ3v) is 4.92. The second-order valence-corrected chi connectivity index (χ2v) is 6.10. The molecule has 0 fully saturated rings. The first-order valence-corrected chi connectivity index (χ1v) is 7.53. The van der Waals surface area contributed by atoms with Gasteiger partial charge in [0.2, 0.25) is 0 Å². The highest BCUT2D eigenvalue weighted by atomic mass is 32.1. The molecule has 3 nitrogen and oxygen atoms in total. The summed E-state index contributed by atoms with van der Waals surface area (Å²) >= 11 is 1.80. The van der Waals surface area contributed by atoms with Crippen molar-refractivity contribution in [3.63, 3.8) is 0 Å². The van der Waals surface area contributed by atoms with E-state index in [2.05, 4.69) is 16.8 Å². The summed E-state index contributed by atoms with van der Waals surface area (Å²) in [4.78, 5) is 6.12. The minimum Gasteiger partial charge on any atom is -0.329 e. The van der Waals surface area contributed by atoms with Gasteiger partial charge in [-0.15, -0.1) is 11.3 Å². The standard InChI is InChI=1S/C15H14FN3S/c1-19-12-8-9(16)2-3-11(12)18-15(19)14-10-5-7-20-13(10)4-6-17-14/h2-3,5,7-8,14,17H,4,6H2,1H3. The molecule has 0 saturated carbocycles. The monoisotopic (exact) mass is 287 g/mol. The Balaban J connectivity index is 1.90. The van der Waals surface area contributed by atoms with Gasteiger partial charge in [-0.3, -0.25) is 0 Å². The highest BCUT2D eigenvalue weighted by molar-refractivity contribution is 7.10. The molecule has 1 N–H and O–H groups in total. The van der Waals surface area contributed by atoms with Crippen LogP contribution in [-0.2, 0) is 13.5 Å². The van der Waals surface area contributed by atoms with Gasteiger partial charge in [0.15, 0.2) is 0 Å². The molecule has 0 bridgehead atoms. The SMILES string of the molecule is Cn1c(C2NCCc3sccc32)nc2ccc(F)cc21. The second kappa shape index (κ2) is 4.40. The van der Waals surface area contributed by atoms with E-state index in [1.165, 1.54) is 16.5 Å². The van der Waals surface area contributed by atoms with Crippen molar-refractivity contribution in [1.82, 2.24) is 14.9 Å². The number of aryl methyl sites for hydroxylation is 1. The number of imidazole rings is 1. The number of hydrogen-bond acceptors (Lipinski definition) is 3. The Morgan fingerprint density at radius 3 is 3.20 bits per heavy atom. The van der Waals surface area contributed by atoms with Crippen molar-refractivity contribution in [2.75, 3.05) is 6.54 Å². The largest absolute Gasteiger partial charge is 0.329 e. The molecule has 1 unspecified atom stereocenters. The highest BCUT2D eigenvalue weighted by Crippen LogP contribution is 2.32. The summed E-state index contributed by atoms with van der Waals surface area (Å²) in [5.74, 6) is 0.727. The van der Waals surface area contributed by atoms with Crippen LogP contribution in [0.4, 0.5) is 4.39 Å². The van der Waals surface area contributed by atoms with Crippen LogP contribution in [0.25, 0.3) is 11.0 Å². The molecule has 4 rings (SSSR count). The zero-order chi connectivity index (χ0) is 13.7. The highest BCUT2D eigenvalue weighted by Gasteiger charge is 2.26. The smallest absolute Gasteiger partial charge is 0.131 e. The number of rotatable bonds is 1. The summed E-state index contributed by atoms with van der Waals surface area (Å²) in [6.45, 7) is 0.954. The van der Waals surface area contributed by atoms with Crippen LogP contribution >= 0.6 is 11.3 Å². The molecule has 0 aliphatic carbocycles. The summed E-state index contributed by atoms with van der Waals surface area (Å²) in [5, 5.41) is 5.66. The van der Waals surface area contributed by atoms with Crippen LogP contribution in [0.2, 0.25) is 0 Å². The molecule has 3 aromatic rings. The molecule has 0 radical (unpaired) electrons. The van der Waals surface area contributed by atoms with E-state index in [0.717, 1.165) is 29.8 Å². The van der Waals surface area contributed by atoms with Crippen LogP contribution in [0, 0.1) is 5.82 Å². The Labute approximate surface area is 120 Å². The summed E-state index contributed by atoms with van der Waals surface area (Å²) in [6.07, 6.45) is 1.07. The zero-order valence-electron chi connectivity index (χ0n) is 11.1. The van der Waals surface area contributed by atoms with E-state index in [1.807, 2.05) is 11.6 Å². The van der Waals surface area contributed by atoms with Crippen molar-refractivity contribution < 1.29 is 4.39 Å². The van der Waals surface area contributed by atoms with Gasteiger partial charge in [0, 0.05) is 18.5 Å². The van der Waals surface area contributed by atoms with E-state index >= 15 is 0 Å². The normalized spacial score (nSPS) is 18.4. The average Bonchev–Trinajstić information content (AvgIpc) is 3.04. The van der Waals surface area contributed by atoms with Crippen LogP contribution in [0.3, 0.4) is 0 Å². The van der Waals surface area contributed by atoms with E-state index < -0.39 is 0 Å². The number of nitrogens with one attached hydrogen (secondary N) is 1. The van der Waals surface area contributed by atoms with E-state index in [-0.39, 0.29) is 11.9 Å². The zero-order valence-corrected chi connectivity index (χ0v) is 11.9. The first-order chi connectivity index (χ1) is 9.74. The molecule has 1 aliphatic heterocycles. The second-order valence-electron chi connectivity index (χ2n) is 5.10. The Hall–Kier alpha value is -1.72. The predicted molar refractivity (Wildman–Crippen MR) is 78.5 cm³/mol.